The zero-order chi connectivity index (χ0) is 22.8. The van der Waals surface area contributed by atoms with Crippen LogP contribution in [-0.2, 0) is 11.3 Å². The Kier molecular flexibility index (Phi) is 6.46. The number of alkyl halides is 3. The topological polar surface area (TPSA) is 113 Å². The zero-order valence-electron chi connectivity index (χ0n) is 17.1. The molecule has 1 aliphatic heterocycles. The Morgan fingerprint density at radius 3 is 2.58 bits per heavy atom. The van der Waals surface area contributed by atoms with Gasteiger partial charge in [0.15, 0.2) is 0 Å². The van der Waals surface area contributed by atoms with Gasteiger partial charge in [-0.3, -0.25) is 24.0 Å². The van der Waals surface area contributed by atoms with Crippen molar-refractivity contribution in [2.75, 3.05) is 19.6 Å². The van der Waals surface area contributed by atoms with Crippen molar-refractivity contribution in [2.24, 2.45) is 0 Å². The maximum atomic E-state index is 12.6. The van der Waals surface area contributed by atoms with E-state index in [1.807, 2.05) is 0 Å². The summed E-state index contributed by atoms with van der Waals surface area (Å²) in [7, 11) is 0. The summed E-state index contributed by atoms with van der Waals surface area (Å²) in [6, 6.07) is 1.44. The van der Waals surface area contributed by atoms with Crippen LogP contribution >= 0.6 is 0 Å². The normalized spacial score (nSPS) is 15.2. The number of hydrogen-bond donors (Lipinski definition) is 2. The molecule has 1 fully saturated rings. The van der Waals surface area contributed by atoms with Crippen LogP contribution in [0.3, 0.4) is 0 Å². The second-order valence-corrected chi connectivity index (χ2v) is 7.55. The van der Waals surface area contributed by atoms with Crippen molar-refractivity contribution in [3.8, 4) is 0 Å². The van der Waals surface area contributed by atoms with E-state index in [4.69, 9.17) is 0 Å². The summed E-state index contributed by atoms with van der Waals surface area (Å²) in [5.41, 5.74) is 1.41. The van der Waals surface area contributed by atoms with Gasteiger partial charge in [-0.25, -0.2) is 4.98 Å². The number of nitrogens with zero attached hydrogens (tertiary/aromatic N) is 4. The maximum Gasteiger partial charge on any atom is 0.405 e. The van der Waals surface area contributed by atoms with Crippen LogP contribution in [0.4, 0.5) is 13.2 Å². The van der Waals surface area contributed by atoms with Crippen LogP contribution in [0.5, 0.6) is 0 Å². The van der Waals surface area contributed by atoms with Crippen LogP contribution in [0.15, 0.2) is 17.2 Å². The van der Waals surface area contributed by atoms with Gasteiger partial charge in [-0.05, 0) is 32.8 Å². The predicted octanol–water partition coefficient (Wildman–Crippen LogP) is 1.28. The van der Waals surface area contributed by atoms with Gasteiger partial charge in [0, 0.05) is 36.0 Å². The van der Waals surface area contributed by atoms with E-state index in [9.17, 15) is 27.6 Å². The average molecular weight is 440 g/mol. The zero-order valence-corrected chi connectivity index (χ0v) is 17.1. The predicted molar refractivity (Wildman–Crippen MR) is 104 cm³/mol. The number of nitrogens with one attached hydrogen (secondary N) is 2. The molecule has 9 nitrogen and oxygen atoms in total. The third-order valence-electron chi connectivity index (χ3n) is 5.39. The van der Waals surface area contributed by atoms with E-state index >= 15 is 0 Å². The lowest BCUT2D eigenvalue weighted by atomic mass is 9.93. The first-order valence-electron chi connectivity index (χ1n) is 9.76. The molecule has 0 saturated carbocycles. The molecule has 0 unspecified atom stereocenters. The Morgan fingerprint density at radius 2 is 1.94 bits per heavy atom. The van der Waals surface area contributed by atoms with E-state index in [0.29, 0.717) is 42.9 Å². The minimum absolute atomic E-state index is 0.00766. The van der Waals surface area contributed by atoms with E-state index in [1.165, 1.54) is 17.0 Å². The molecule has 2 aromatic heterocycles. The first kappa shape index (κ1) is 22.5. The van der Waals surface area contributed by atoms with Crippen molar-refractivity contribution < 1.29 is 22.8 Å². The fraction of sp³-hybridized carbons (Fsp3) is 0.526. The number of piperidine rings is 1. The Morgan fingerprint density at radius 1 is 1.26 bits per heavy atom. The highest BCUT2D eigenvalue weighted by atomic mass is 19.4. The van der Waals surface area contributed by atoms with Gasteiger partial charge in [-0.1, -0.05) is 0 Å². The van der Waals surface area contributed by atoms with Crippen LogP contribution in [-0.4, -0.2) is 62.3 Å². The van der Waals surface area contributed by atoms with E-state index in [-0.39, 0.29) is 29.6 Å². The van der Waals surface area contributed by atoms with Gasteiger partial charge in [-0.2, -0.15) is 18.3 Å². The second kappa shape index (κ2) is 8.90. The summed E-state index contributed by atoms with van der Waals surface area (Å²) in [6.07, 6.45) is -1.94. The molecule has 1 saturated heterocycles. The fourth-order valence-electron chi connectivity index (χ4n) is 3.41. The second-order valence-electron chi connectivity index (χ2n) is 7.55. The molecule has 2 aromatic rings. The summed E-state index contributed by atoms with van der Waals surface area (Å²) >= 11 is 0. The lowest BCUT2D eigenvalue weighted by molar-refractivity contribution is -0.133. The van der Waals surface area contributed by atoms with Crippen LogP contribution in [0.2, 0.25) is 0 Å². The number of H-pyrrole nitrogens is 1. The van der Waals surface area contributed by atoms with Crippen molar-refractivity contribution in [3.05, 3.63) is 45.4 Å². The molecule has 3 heterocycles. The molecule has 0 radical (unpaired) electrons. The number of hydrogen-bond acceptors (Lipinski definition) is 5. The minimum atomic E-state index is -4.49. The lowest BCUT2D eigenvalue weighted by Gasteiger charge is -2.31. The first-order valence-corrected chi connectivity index (χ1v) is 9.76. The number of amides is 2. The highest BCUT2D eigenvalue weighted by Gasteiger charge is 2.29. The van der Waals surface area contributed by atoms with Crippen molar-refractivity contribution in [3.63, 3.8) is 0 Å². The van der Waals surface area contributed by atoms with Crippen LogP contribution in [0.25, 0.3) is 0 Å². The fourth-order valence-corrected chi connectivity index (χ4v) is 3.41. The summed E-state index contributed by atoms with van der Waals surface area (Å²) in [5.74, 6) is -1.10. The monoisotopic (exact) mass is 440 g/mol. The molecule has 0 spiro atoms. The number of carbonyl (C=O) groups is 2. The van der Waals surface area contributed by atoms with Gasteiger partial charge >= 0.3 is 6.18 Å². The maximum absolute atomic E-state index is 12.6. The number of halogens is 3. The third-order valence-corrected chi connectivity index (χ3v) is 5.39. The van der Waals surface area contributed by atoms with Crippen LogP contribution < -0.4 is 10.9 Å². The Balaban J connectivity index is 1.54. The number of aromatic nitrogens is 4. The highest BCUT2D eigenvalue weighted by molar-refractivity contribution is 5.92. The van der Waals surface area contributed by atoms with Gasteiger partial charge in [0.2, 0.25) is 5.91 Å². The molecule has 0 aliphatic carbocycles. The first-order chi connectivity index (χ1) is 14.5. The Labute approximate surface area is 175 Å². The summed E-state index contributed by atoms with van der Waals surface area (Å²) in [4.78, 5) is 42.4. The van der Waals surface area contributed by atoms with Crippen molar-refractivity contribution >= 4 is 11.8 Å². The third kappa shape index (κ3) is 5.50. The summed E-state index contributed by atoms with van der Waals surface area (Å²) < 4.78 is 38.0. The molecule has 0 atom stereocenters. The van der Waals surface area contributed by atoms with Gasteiger partial charge < -0.3 is 10.2 Å². The van der Waals surface area contributed by atoms with Crippen molar-refractivity contribution in [1.82, 2.24) is 30.0 Å². The molecule has 0 aromatic carbocycles. The van der Waals surface area contributed by atoms with Gasteiger partial charge in [-0.15, -0.1) is 0 Å². The van der Waals surface area contributed by atoms with E-state index in [0.717, 1.165) is 0 Å². The minimum Gasteiger partial charge on any atom is -0.342 e. The molecule has 3 rings (SSSR count). The Bertz CT molecular complexity index is 1020. The standard InChI is InChI=1S/C19H23F3N6O3/c1-11-12(2)24-10-28(18(11)31)8-16(29)27-5-3-13(4-6-27)14-7-15(26-25-14)17(30)23-9-19(20,21)22/h7,10,13H,3-6,8-9H2,1-2H3,(H,23,30)(H,25,26). The van der Waals surface area contributed by atoms with Crippen molar-refractivity contribution in [2.45, 2.75) is 45.3 Å². The van der Waals surface area contributed by atoms with E-state index in [2.05, 4.69) is 15.2 Å². The van der Waals surface area contributed by atoms with Gasteiger partial charge in [0.1, 0.15) is 18.8 Å². The molecule has 0 bridgehead atoms. The Hall–Kier alpha value is -3.18. The largest absolute Gasteiger partial charge is 0.405 e. The number of carbonyl (C=O) groups excluding carboxylic acids is 2. The molecule has 2 N–H and O–H groups in total. The highest BCUT2D eigenvalue weighted by Crippen LogP contribution is 2.27. The average Bonchev–Trinajstić information content (AvgIpc) is 3.22. The smallest absolute Gasteiger partial charge is 0.342 e. The van der Waals surface area contributed by atoms with E-state index < -0.39 is 18.6 Å². The number of likely N-dealkylation sites (tertiary alicyclic amines) is 1. The van der Waals surface area contributed by atoms with Crippen LogP contribution in [0, 0.1) is 13.8 Å². The molecule has 168 valence electrons. The lowest BCUT2D eigenvalue weighted by Crippen LogP contribution is -2.41. The molecule has 2 amide bonds. The molecule has 31 heavy (non-hydrogen) atoms. The number of rotatable bonds is 5. The number of aryl methyl sites for hydroxylation is 1. The van der Waals surface area contributed by atoms with Gasteiger partial charge in [0.05, 0.1) is 6.33 Å². The van der Waals surface area contributed by atoms with Crippen LogP contribution in [0.1, 0.15) is 46.2 Å². The molecule has 12 heteroatoms. The van der Waals surface area contributed by atoms with E-state index in [1.54, 1.807) is 24.1 Å². The number of aromatic amines is 1. The molecule has 1 aliphatic rings. The van der Waals surface area contributed by atoms with Gasteiger partial charge in [0.25, 0.3) is 11.5 Å². The summed E-state index contributed by atoms with van der Waals surface area (Å²) in [5, 5.41) is 8.28. The molecular weight excluding hydrogens is 417 g/mol. The molecular formula is C19H23F3N6O3. The SMILES string of the molecule is Cc1ncn(CC(=O)N2CCC(c3cc(C(=O)NCC(F)(F)F)n[nH]3)CC2)c(=O)c1C. The van der Waals surface area contributed by atoms with Crippen molar-refractivity contribution in [1.29, 1.82) is 0 Å². The summed E-state index contributed by atoms with van der Waals surface area (Å²) in [6.45, 7) is 2.78. The quantitative estimate of drug-likeness (QED) is 0.727.